The monoisotopic (exact) mass is 996 g/mol. The zero-order valence-electron chi connectivity index (χ0n) is 36.7. The van der Waals surface area contributed by atoms with Crippen molar-refractivity contribution in [2.45, 2.75) is 40.3 Å². The van der Waals surface area contributed by atoms with E-state index in [-0.39, 0.29) is 35.4 Å². The molecule has 10 aromatic rings. The van der Waals surface area contributed by atoms with Crippen LogP contribution in [-0.4, -0.2) is 50.1 Å². The number of aromatic nitrogens is 8. The van der Waals surface area contributed by atoms with Gasteiger partial charge in [0.05, 0.1) is 43.6 Å². The molecule has 0 unspecified atom stereocenters. The molecule has 19 heteroatoms. The van der Waals surface area contributed by atoms with Crippen LogP contribution >= 0.6 is 34.8 Å². The van der Waals surface area contributed by atoms with E-state index >= 15 is 0 Å². The second-order valence-electron chi connectivity index (χ2n) is 15.4. The zero-order valence-corrected chi connectivity index (χ0v) is 39.0. The molecule has 2 atom stereocenters. The van der Waals surface area contributed by atoms with Crippen LogP contribution in [0.15, 0.2) is 159 Å². The third-order valence-electron chi connectivity index (χ3n) is 10.8. The highest BCUT2D eigenvalue weighted by Crippen LogP contribution is 2.35. The Balaban J connectivity index is 0.000000189. The van der Waals surface area contributed by atoms with Crippen LogP contribution in [0.1, 0.15) is 51.7 Å². The van der Waals surface area contributed by atoms with E-state index in [0.29, 0.717) is 87.7 Å². The van der Waals surface area contributed by atoms with Gasteiger partial charge >= 0.3 is 0 Å². The minimum atomic E-state index is -0.833. The molecule has 0 spiro atoms. The van der Waals surface area contributed by atoms with Crippen molar-refractivity contribution < 1.29 is 9.90 Å². The maximum atomic E-state index is 13.7. The summed E-state index contributed by atoms with van der Waals surface area (Å²) in [5, 5.41) is 17.8. The number of nitrogens with zero attached hydrogens (tertiary/aromatic N) is 6. The van der Waals surface area contributed by atoms with E-state index in [1.54, 1.807) is 39.6 Å². The van der Waals surface area contributed by atoms with Crippen molar-refractivity contribution in [2.75, 3.05) is 10.6 Å². The summed E-state index contributed by atoms with van der Waals surface area (Å²) in [6.07, 6.45) is 5.82. The van der Waals surface area contributed by atoms with Gasteiger partial charge in [0.1, 0.15) is 46.4 Å². The molecule has 70 heavy (non-hydrogen) atoms. The van der Waals surface area contributed by atoms with Crippen LogP contribution in [0.2, 0.25) is 15.1 Å². The number of rotatable bonds is 8. The summed E-state index contributed by atoms with van der Waals surface area (Å²) in [7, 11) is 0. The predicted molar refractivity (Wildman–Crippen MR) is 279 cm³/mol. The molecule has 354 valence electrons. The first-order valence-corrected chi connectivity index (χ1v) is 22.2. The summed E-state index contributed by atoms with van der Waals surface area (Å²) in [6, 6.07) is 33.0. The normalized spacial score (nSPS) is 11.7. The van der Waals surface area contributed by atoms with E-state index < -0.39 is 12.0 Å². The molecule has 0 amide bonds. The minimum absolute atomic E-state index is 0. The van der Waals surface area contributed by atoms with Crippen molar-refractivity contribution in [2.24, 2.45) is 0 Å². The third kappa shape index (κ3) is 10.0. The maximum absolute atomic E-state index is 13.7. The van der Waals surface area contributed by atoms with E-state index in [1.807, 2.05) is 92.7 Å². The largest absolute Gasteiger partial charge is 0.481 e. The number of hydrogen-bond acceptors (Lipinski definition) is 11. The molecule has 4 aromatic carbocycles. The SMILES string of the molecule is C.CC(=O)O.C[C@H](Nc1ncnc2[nH]ccc(=O)c12)c1c(Cl)c2cccc(Cl)c2c(=O)n1-c1ccccc1.C[C@H](Nc1ncnc2[nH]ccc(=O)c12)c1cc2cccc(Cl)c2c(=O)n1-c1ccccc1. The second-order valence-corrected chi connectivity index (χ2v) is 16.6. The molecule has 10 rings (SSSR count). The Morgan fingerprint density at radius 3 is 1.61 bits per heavy atom. The lowest BCUT2D eigenvalue weighted by atomic mass is 10.1. The Kier molecular flexibility index (Phi) is 15.2. The number of aromatic amines is 2. The van der Waals surface area contributed by atoms with Crippen LogP contribution in [0.4, 0.5) is 11.6 Å². The first-order valence-electron chi connectivity index (χ1n) is 21.1. The quantitative estimate of drug-likeness (QED) is 0.0959. The van der Waals surface area contributed by atoms with E-state index in [0.717, 1.165) is 12.3 Å². The summed E-state index contributed by atoms with van der Waals surface area (Å²) < 4.78 is 3.18. The molecule has 0 saturated carbocycles. The van der Waals surface area contributed by atoms with Crippen molar-refractivity contribution in [3.8, 4) is 11.4 Å². The molecule has 0 fully saturated rings. The summed E-state index contributed by atoms with van der Waals surface area (Å²) >= 11 is 19.7. The number of para-hydroxylation sites is 2. The molecule has 0 aliphatic rings. The molecule has 0 bridgehead atoms. The highest BCUT2D eigenvalue weighted by atomic mass is 35.5. The Morgan fingerprint density at radius 1 is 0.600 bits per heavy atom. The Bertz CT molecular complexity index is 3800. The van der Waals surface area contributed by atoms with Crippen LogP contribution in [0.3, 0.4) is 0 Å². The molecule has 5 N–H and O–H groups in total. The average Bonchev–Trinajstić information content (AvgIpc) is 3.33. The van der Waals surface area contributed by atoms with Crippen LogP contribution in [0.25, 0.3) is 55.0 Å². The lowest BCUT2D eigenvalue weighted by Crippen LogP contribution is -2.27. The lowest BCUT2D eigenvalue weighted by molar-refractivity contribution is -0.134. The van der Waals surface area contributed by atoms with Gasteiger partial charge < -0.3 is 25.7 Å². The molecule has 0 saturated heterocycles. The number of nitrogens with one attached hydrogen (secondary N) is 4. The molecule has 0 radical (unpaired) electrons. The van der Waals surface area contributed by atoms with Crippen LogP contribution in [0.5, 0.6) is 0 Å². The first kappa shape index (κ1) is 49.7. The van der Waals surface area contributed by atoms with Gasteiger partial charge in [-0.2, -0.15) is 0 Å². The van der Waals surface area contributed by atoms with Gasteiger partial charge in [0.2, 0.25) is 0 Å². The van der Waals surface area contributed by atoms with Crippen molar-refractivity contribution >= 4 is 96.0 Å². The zero-order chi connectivity index (χ0) is 48.9. The van der Waals surface area contributed by atoms with Gasteiger partial charge in [-0.1, -0.05) is 103 Å². The Hall–Kier alpha value is -8.18. The van der Waals surface area contributed by atoms with Gasteiger partial charge in [0.25, 0.3) is 17.1 Å². The lowest BCUT2D eigenvalue weighted by Gasteiger charge is -2.23. The van der Waals surface area contributed by atoms with Crippen molar-refractivity contribution in [1.82, 2.24) is 39.0 Å². The molecule has 16 nitrogen and oxygen atoms in total. The fraction of sp³-hybridized carbons (Fsp3) is 0.118. The molecule has 6 aromatic heterocycles. The highest BCUT2D eigenvalue weighted by molar-refractivity contribution is 6.40. The van der Waals surface area contributed by atoms with Gasteiger partial charge in [-0.05, 0) is 61.7 Å². The van der Waals surface area contributed by atoms with Crippen LogP contribution < -0.4 is 32.6 Å². The number of fused-ring (bicyclic) bond motifs is 4. The number of pyridine rings is 4. The van der Waals surface area contributed by atoms with Gasteiger partial charge in [-0.3, -0.25) is 33.1 Å². The molecular weight excluding hydrogens is 955 g/mol. The van der Waals surface area contributed by atoms with E-state index in [4.69, 9.17) is 44.7 Å². The number of carbonyl (C=O) groups is 1. The van der Waals surface area contributed by atoms with Crippen molar-refractivity contribution in [3.05, 3.63) is 208 Å². The summed E-state index contributed by atoms with van der Waals surface area (Å²) in [5.74, 6) is -0.105. The van der Waals surface area contributed by atoms with Crippen LogP contribution in [0, 0.1) is 0 Å². The van der Waals surface area contributed by atoms with Crippen molar-refractivity contribution in [1.29, 1.82) is 0 Å². The number of hydrogen-bond donors (Lipinski definition) is 5. The second kappa shape index (κ2) is 21.4. The molecule has 6 heterocycles. The summed E-state index contributed by atoms with van der Waals surface area (Å²) in [5.41, 5.74) is 2.49. The summed E-state index contributed by atoms with van der Waals surface area (Å²) in [4.78, 5) is 83.9. The number of benzene rings is 4. The Morgan fingerprint density at radius 2 is 1.07 bits per heavy atom. The highest BCUT2D eigenvalue weighted by Gasteiger charge is 2.24. The van der Waals surface area contributed by atoms with Gasteiger partial charge in [-0.25, -0.2) is 19.9 Å². The molecule has 0 aliphatic carbocycles. The van der Waals surface area contributed by atoms with Gasteiger partial charge in [-0.15, -0.1) is 0 Å². The topological polar surface area (TPSA) is 223 Å². The maximum Gasteiger partial charge on any atom is 0.300 e. The third-order valence-corrected chi connectivity index (χ3v) is 11.9. The average molecular weight is 998 g/mol. The fourth-order valence-corrected chi connectivity index (χ4v) is 8.81. The standard InChI is InChI=1S/C24H17Cl2N5O2.C24H18ClN5O2.C2H4O2.CH4/c1-13(30-23-19-17(32)10-11-27-22(19)28-12-29-23)21-20(26)15-8-5-9-16(25)18(15)24(33)31(21)14-6-3-2-4-7-14;1-14(29-23-21-19(31)10-11-26-22(21)27-13-28-23)18-12-15-6-5-9-17(25)20(15)24(32)30(18)16-7-3-2-4-8-16;1-2(3)4;/h2-13H,1H3,(H2,27,28,29,30,32);2-14H,1H3,(H2,26,27,28,29,31);1H3,(H,3,4);1H4/t13-;14-;;/m00../s1. The molecule has 0 aliphatic heterocycles. The molecular formula is C51H43Cl3N10O6. The van der Waals surface area contributed by atoms with E-state index in [2.05, 4.69) is 40.5 Å². The Labute approximate surface area is 413 Å². The van der Waals surface area contributed by atoms with E-state index in [1.165, 1.54) is 31.0 Å². The van der Waals surface area contributed by atoms with E-state index in [9.17, 15) is 19.2 Å². The van der Waals surface area contributed by atoms with Gasteiger partial charge in [0, 0.05) is 53.9 Å². The van der Waals surface area contributed by atoms with Crippen LogP contribution in [-0.2, 0) is 4.79 Å². The number of aliphatic carboxylic acids is 1. The number of anilines is 2. The fourth-order valence-electron chi connectivity index (χ4n) is 7.89. The number of H-pyrrole nitrogens is 2. The first-order chi connectivity index (χ1) is 33.2. The number of halogens is 3. The van der Waals surface area contributed by atoms with Gasteiger partial charge in [0.15, 0.2) is 10.9 Å². The minimum Gasteiger partial charge on any atom is -0.481 e. The predicted octanol–water partition coefficient (Wildman–Crippen LogP) is 10.3. The smallest absolute Gasteiger partial charge is 0.300 e. The number of carboxylic acids is 1. The van der Waals surface area contributed by atoms with Crippen molar-refractivity contribution in [3.63, 3.8) is 0 Å². The number of carboxylic acid groups (broad SMARTS) is 1. The summed E-state index contributed by atoms with van der Waals surface area (Å²) in [6.45, 7) is 4.84.